The molecular formula is C15H19N3OS. The van der Waals surface area contributed by atoms with Crippen molar-refractivity contribution < 1.29 is 4.79 Å². The molecular weight excluding hydrogens is 270 g/mol. The molecule has 0 aliphatic heterocycles. The molecule has 0 spiro atoms. The highest BCUT2D eigenvalue weighted by atomic mass is 32.1. The molecule has 2 aromatic rings. The van der Waals surface area contributed by atoms with Gasteiger partial charge in [0, 0.05) is 21.1 Å². The molecule has 0 radical (unpaired) electrons. The summed E-state index contributed by atoms with van der Waals surface area (Å²) in [6.45, 7) is 6.12. The summed E-state index contributed by atoms with van der Waals surface area (Å²) in [6.07, 6.45) is 0. The van der Waals surface area contributed by atoms with Gasteiger partial charge < -0.3 is 16.4 Å². The van der Waals surface area contributed by atoms with E-state index in [4.69, 9.17) is 5.73 Å². The van der Waals surface area contributed by atoms with Gasteiger partial charge in [-0.25, -0.2) is 4.79 Å². The molecule has 0 bridgehead atoms. The van der Waals surface area contributed by atoms with E-state index in [1.807, 2.05) is 6.92 Å². The number of hydrogen-bond acceptors (Lipinski definition) is 3. The Kier molecular flexibility index (Phi) is 4.29. The average Bonchev–Trinajstić information content (AvgIpc) is 2.68. The highest BCUT2D eigenvalue weighted by molar-refractivity contribution is 7.12. The SMILES string of the molecule is Cc1cc(C(C)NC(=O)Nc2cccc(N)c2)c(C)s1. The molecule has 0 saturated carbocycles. The number of hydrogen-bond donors (Lipinski definition) is 3. The molecule has 106 valence electrons. The Morgan fingerprint density at radius 3 is 2.65 bits per heavy atom. The molecule has 0 saturated heterocycles. The number of amides is 2. The number of nitrogen functional groups attached to an aromatic ring is 1. The zero-order chi connectivity index (χ0) is 14.7. The number of benzene rings is 1. The molecule has 5 heteroatoms. The third-order valence-electron chi connectivity index (χ3n) is 3.04. The smallest absolute Gasteiger partial charge is 0.319 e. The van der Waals surface area contributed by atoms with E-state index in [1.165, 1.54) is 9.75 Å². The van der Waals surface area contributed by atoms with Crippen molar-refractivity contribution >= 4 is 28.7 Å². The molecule has 1 unspecified atom stereocenters. The first-order valence-electron chi connectivity index (χ1n) is 6.45. The van der Waals surface area contributed by atoms with Crippen LogP contribution in [0.4, 0.5) is 16.2 Å². The van der Waals surface area contributed by atoms with Crippen molar-refractivity contribution in [2.45, 2.75) is 26.8 Å². The number of anilines is 2. The monoisotopic (exact) mass is 289 g/mol. The minimum Gasteiger partial charge on any atom is -0.399 e. The van der Waals surface area contributed by atoms with Crippen LogP contribution in [0.2, 0.25) is 0 Å². The van der Waals surface area contributed by atoms with E-state index in [-0.39, 0.29) is 12.1 Å². The molecule has 0 fully saturated rings. The third-order valence-corrected chi connectivity index (χ3v) is 4.02. The molecule has 1 heterocycles. The van der Waals surface area contributed by atoms with Gasteiger partial charge in [0.05, 0.1) is 6.04 Å². The standard InChI is InChI=1S/C15H19N3OS/c1-9-7-14(11(3)20-9)10(2)17-15(19)18-13-6-4-5-12(16)8-13/h4-8,10H,16H2,1-3H3,(H2,17,18,19). The second-order valence-corrected chi connectivity index (χ2v) is 6.27. The predicted octanol–water partition coefficient (Wildman–Crippen LogP) is 3.83. The lowest BCUT2D eigenvalue weighted by Gasteiger charge is -2.15. The van der Waals surface area contributed by atoms with E-state index < -0.39 is 0 Å². The first-order valence-corrected chi connectivity index (χ1v) is 7.27. The van der Waals surface area contributed by atoms with Crippen LogP contribution in [0.5, 0.6) is 0 Å². The number of nitrogens with two attached hydrogens (primary N) is 1. The summed E-state index contributed by atoms with van der Waals surface area (Å²) in [6, 6.07) is 8.98. The second kappa shape index (κ2) is 5.96. The minimum atomic E-state index is -0.230. The fraction of sp³-hybridized carbons (Fsp3) is 0.267. The van der Waals surface area contributed by atoms with Gasteiger partial charge in [0.2, 0.25) is 0 Å². The van der Waals surface area contributed by atoms with E-state index in [2.05, 4.69) is 30.5 Å². The molecule has 4 nitrogen and oxygen atoms in total. The Balaban J connectivity index is 1.99. The van der Waals surface area contributed by atoms with Gasteiger partial charge in [-0.05, 0) is 50.6 Å². The summed E-state index contributed by atoms with van der Waals surface area (Å²) in [5, 5.41) is 5.72. The topological polar surface area (TPSA) is 67.2 Å². The lowest BCUT2D eigenvalue weighted by atomic mass is 10.1. The highest BCUT2D eigenvalue weighted by Gasteiger charge is 2.13. The summed E-state index contributed by atoms with van der Waals surface area (Å²) in [5.74, 6) is 0. The molecule has 4 N–H and O–H groups in total. The van der Waals surface area contributed by atoms with E-state index >= 15 is 0 Å². The summed E-state index contributed by atoms with van der Waals surface area (Å²) < 4.78 is 0. The van der Waals surface area contributed by atoms with Crippen LogP contribution < -0.4 is 16.4 Å². The summed E-state index contributed by atoms with van der Waals surface area (Å²) >= 11 is 1.74. The molecule has 0 aliphatic carbocycles. The van der Waals surface area contributed by atoms with Gasteiger partial charge in [-0.3, -0.25) is 0 Å². The van der Waals surface area contributed by atoms with Gasteiger partial charge >= 0.3 is 6.03 Å². The van der Waals surface area contributed by atoms with Crippen molar-refractivity contribution in [3.8, 4) is 0 Å². The summed E-state index contributed by atoms with van der Waals surface area (Å²) in [7, 11) is 0. The van der Waals surface area contributed by atoms with E-state index in [0.29, 0.717) is 11.4 Å². The first kappa shape index (κ1) is 14.4. The van der Waals surface area contributed by atoms with E-state index in [0.717, 1.165) is 5.56 Å². The van der Waals surface area contributed by atoms with E-state index in [1.54, 1.807) is 35.6 Å². The number of urea groups is 1. The van der Waals surface area contributed by atoms with Crippen LogP contribution in [0.25, 0.3) is 0 Å². The molecule has 1 aromatic carbocycles. The van der Waals surface area contributed by atoms with Gasteiger partial charge in [0.1, 0.15) is 0 Å². The van der Waals surface area contributed by atoms with Gasteiger partial charge in [-0.15, -0.1) is 11.3 Å². The van der Waals surface area contributed by atoms with Crippen molar-refractivity contribution in [2.24, 2.45) is 0 Å². The maximum atomic E-state index is 12.0. The first-order chi connectivity index (χ1) is 9.45. The zero-order valence-electron chi connectivity index (χ0n) is 11.9. The quantitative estimate of drug-likeness (QED) is 0.752. The van der Waals surface area contributed by atoms with Gasteiger partial charge in [0.25, 0.3) is 0 Å². The third kappa shape index (κ3) is 3.51. The number of thiophene rings is 1. The van der Waals surface area contributed by atoms with Crippen LogP contribution in [0.1, 0.15) is 28.3 Å². The number of carbonyl (C=O) groups excluding carboxylic acids is 1. The fourth-order valence-corrected chi connectivity index (χ4v) is 3.16. The van der Waals surface area contributed by atoms with Crippen LogP contribution in [0.3, 0.4) is 0 Å². The number of aryl methyl sites for hydroxylation is 2. The molecule has 0 aliphatic rings. The van der Waals surface area contributed by atoms with Crippen molar-refractivity contribution in [1.82, 2.24) is 5.32 Å². The maximum Gasteiger partial charge on any atom is 0.319 e. The molecule has 20 heavy (non-hydrogen) atoms. The predicted molar refractivity (Wildman–Crippen MR) is 85.2 cm³/mol. The van der Waals surface area contributed by atoms with Crippen molar-refractivity contribution in [3.63, 3.8) is 0 Å². The molecule has 2 rings (SSSR count). The van der Waals surface area contributed by atoms with Crippen molar-refractivity contribution in [1.29, 1.82) is 0 Å². The highest BCUT2D eigenvalue weighted by Crippen LogP contribution is 2.26. The number of nitrogens with one attached hydrogen (secondary N) is 2. The maximum absolute atomic E-state index is 12.0. The summed E-state index contributed by atoms with van der Waals surface area (Å²) in [5.41, 5.74) is 8.15. The van der Waals surface area contributed by atoms with Crippen LogP contribution in [0, 0.1) is 13.8 Å². The average molecular weight is 289 g/mol. The largest absolute Gasteiger partial charge is 0.399 e. The molecule has 2 amide bonds. The number of rotatable bonds is 3. The zero-order valence-corrected chi connectivity index (χ0v) is 12.7. The Morgan fingerprint density at radius 2 is 2.05 bits per heavy atom. The van der Waals surface area contributed by atoms with Crippen LogP contribution in [0.15, 0.2) is 30.3 Å². The summed E-state index contributed by atoms with van der Waals surface area (Å²) in [4.78, 5) is 14.5. The van der Waals surface area contributed by atoms with Crippen molar-refractivity contribution in [3.05, 3.63) is 45.6 Å². The Bertz CT molecular complexity index is 621. The molecule has 1 atom stereocenters. The van der Waals surface area contributed by atoms with Crippen LogP contribution >= 0.6 is 11.3 Å². The Hall–Kier alpha value is -2.01. The Labute approximate surface area is 123 Å². The second-order valence-electron chi connectivity index (χ2n) is 4.81. The van der Waals surface area contributed by atoms with Gasteiger partial charge in [-0.1, -0.05) is 6.07 Å². The number of carbonyl (C=O) groups is 1. The van der Waals surface area contributed by atoms with Crippen molar-refractivity contribution in [2.75, 3.05) is 11.1 Å². The van der Waals surface area contributed by atoms with Gasteiger partial charge in [0.15, 0.2) is 0 Å². The minimum absolute atomic E-state index is 0.0268. The lowest BCUT2D eigenvalue weighted by molar-refractivity contribution is 0.249. The van der Waals surface area contributed by atoms with Crippen LogP contribution in [-0.2, 0) is 0 Å². The Morgan fingerprint density at radius 1 is 1.30 bits per heavy atom. The fourth-order valence-electron chi connectivity index (χ4n) is 2.14. The van der Waals surface area contributed by atoms with Gasteiger partial charge in [-0.2, -0.15) is 0 Å². The molecule has 1 aromatic heterocycles. The van der Waals surface area contributed by atoms with Crippen LogP contribution in [-0.4, -0.2) is 6.03 Å². The normalized spacial score (nSPS) is 11.9. The lowest BCUT2D eigenvalue weighted by Crippen LogP contribution is -2.31. The van der Waals surface area contributed by atoms with E-state index in [9.17, 15) is 4.79 Å².